The second-order valence-electron chi connectivity index (χ2n) is 4.27. The standard InChI is InChI=1S/C16H13FN2O/c1-2-11-5-3-4-6-14(11)16(20)19-13-7-8-15(17)12(9-13)10-18/h3-9H,2H2,1H3,(H,19,20). The first-order chi connectivity index (χ1) is 9.65. The summed E-state index contributed by atoms with van der Waals surface area (Å²) in [6.07, 6.45) is 0.746. The number of aryl methyl sites for hydroxylation is 1. The van der Waals surface area contributed by atoms with Gasteiger partial charge in [0, 0.05) is 11.3 Å². The van der Waals surface area contributed by atoms with E-state index < -0.39 is 5.82 Å². The van der Waals surface area contributed by atoms with Crippen LogP contribution in [0.2, 0.25) is 0 Å². The van der Waals surface area contributed by atoms with E-state index in [1.165, 1.54) is 18.2 Å². The maximum absolute atomic E-state index is 13.2. The molecule has 2 rings (SSSR count). The number of nitriles is 1. The largest absolute Gasteiger partial charge is 0.322 e. The van der Waals surface area contributed by atoms with Gasteiger partial charge in [-0.15, -0.1) is 0 Å². The summed E-state index contributed by atoms with van der Waals surface area (Å²) in [6.45, 7) is 1.97. The first-order valence-corrected chi connectivity index (χ1v) is 6.24. The molecule has 0 unspecified atom stereocenters. The monoisotopic (exact) mass is 268 g/mol. The fourth-order valence-electron chi connectivity index (χ4n) is 1.94. The minimum absolute atomic E-state index is 0.0911. The van der Waals surface area contributed by atoms with Crippen LogP contribution in [-0.2, 0) is 6.42 Å². The molecule has 0 radical (unpaired) electrons. The molecule has 0 saturated carbocycles. The summed E-state index contributed by atoms with van der Waals surface area (Å²) in [5, 5.41) is 11.5. The Morgan fingerprint density at radius 2 is 2.05 bits per heavy atom. The first-order valence-electron chi connectivity index (χ1n) is 6.24. The molecule has 2 aromatic rings. The van der Waals surface area contributed by atoms with Crippen molar-refractivity contribution in [3.63, 3.8) is 0 Å². The van der Waals surface area contributed by atoms with Crippen molar-refractivity contribution in [3.8, 4) is 6.07 Å². The SMILES string of the molecule is CCc1ccccc1C(=O)Nc1ccc(F)c(C#N)c1. The molecule has 0 heterocycles. The van der Waals surface area contributed by atoms with Crippen molar-refractivity contribution in [2.45, 2.75) is 13.3 Å². The Kier molecular flexibility index (Phi) is 4.11. The minimum Gasteiger partial charge on any atom is -0.322 e. The molecule has 1 N–H and O–H groups in total. The molecule has 1 amide bonds. The van der Waals surface area contributed by atoms with E-state index >= 15 is 0 Å². The highest BCUT2D eigenvalue weighted by Gasteiger charge is 2.11. The van der Waals surface area contributed by atoms with Crippen LogP contribution in [0.15, 0.2) is 42.5 Å². The molecule has 0 saturated heterocycles. The summed E-state index contributed by atoms with van der Waals surface area (Å²) in [7, 11) is 0. The highest BCUT2D eigenvalue weighted by Crippen LogP contribution is 2.16. The fraction of sp³-hybridized carbons (Fsp3) is 0.125. The number of carbonyl (C=O) groups excluding carboxylic acids is 1. The number of amides is 1. The second-order valence-corrected chi connectivity index (χ2v) is 4.27. The maximum Gasteiger partial charge on any atom is 0.255 e. The number of benzene rings is 2. The summed E-state index contributed by atoms with van der Waals surface area (Å²) >= 11 is 0. The molecule has 20 heavy (non-hydrogen) atoms. The van der Waals surface area contributed by atoms with Gasteiger partial charge in [0.25, 0.3) is 5.91 Å². The third-order valence-corrected chi connectivity index (χ3v) is 2.99. The van der Waals surface area contributed by atoms with E-state index in [0.717, 1.165) is 12.0 Å². The third-order valence-electron chi connectivity index (χ3n) is 2.99. The minimum atomic E-state index is -0.598. The van der Waals surface area contributed by atoms with Crippen LogP contribution in [0.5, 0.6) is 0 Å². The lowest BCUT2D eigenvalue weighted by molar-refractivity contribution is 0.102. The van der Waals surface area contributed by atoms with E-state index in [1.54, 1.807) is 18.2 Å². The number of nitrogens with zero attached hydrogens (tertiary/aromatic N) is 1. The molecule has 0 fully saturated rings. The molecule has 4 heteroatoms. The van der Waals surface area contributed by atoms with E-state index in [9.17, 15) is 9.18 Å². The molecule has 0 aliphatic carbocycles. The van der Waals surface area contributed by atoms with Crippen molar-refractivity contribution in [3.05, 3.63) is 65.0 Å². The molecule has 2 aromatic carbocycles. The molecule has 3 nitrogen and oxygen atoms in total. The average molecular weight is 268 g/mol. The van der Waals surface area contributed by atoms with Crippen molar-refractivity contribution < 1.29 is 9.18 Å². The van der Waals surface area contributed by atoms with Crippen LogP contribution in [0.1, 0.15) is 28.4 Å². The Morgan fingerprint density at radius 1 is 1.30 bits per heavy atom. The van der Waals surface area contributed by atoms with Crippen molar-refractivity contribution in [1.29, 1.82) is 5.26 Å². The van der Waals surface area contributed by atoms with Gasteiger partial charge in [0.1, 0.15) is 11.9 Å². The average Bonchev–Trinajstić information content (AvgIpc) is 2.49. The number of anilines is 1. The van der Waals surface area contributed by atoms with E-state index in [-0.39, 0.29) is 11.5 Å². The number of rotatable bonds is 3. The zero-order valence-electron chi connectivity index (χ0n) is 11.0. The van der Waals surface area contributed by atoms with Crippen molar-refractivity contribution in [2.24, 2.45) is 0 Å². The number of carbonyl (C=O) groups is 1. The number of halogens is 1. The van der Waals surface area contributed by atoms with Crippen LogP contribution in [0.4, 0.5) is 10.1 Å². The normalized spacial score (nSPS) is 9.85. The highest BCUT2D eigenvalue weighted by molar-refractivity contribution is 6.05. The predicted octanol–water partition coefficient (Wildman–Crippen LogP) is 3.51. The van der Waals surface area contributed by atoms with Gasteiger partial charge in [-0.3, -0.25) is 4.79 Å². The molecule has 0 atom stereocenters. The van der Waals surface area contributed by atoms with Crippen LogP contribution >= 0.6 is 0 Å². The van der Waals surface area contributed by atoms with E-state index in [2.05, 4.69) is 5.32 Å². The molecule has 0 aliphatic rings. The summed E-state index contributed by atoms with van der Waals surface area (Å²) < 4.78 is 13.2. The van der Waals surface area contributed by atoms with E-state index in [4.69, 9.17) is 5.26 Å². The molecular weight excluding hydrogens is 255 g/mol. The summed E-state index contributed by atoms with van der Waals surface area (Å²) in [5.41, 5.74) is 1.83. The molecular formula is C16H13FN2O. The Balaban J connectivity index is 2.26. The molecule has 0 bridgehead atoms. The van der Waals surface area contributed by atoms with Crippen molar-refractivity contribution in [2.75, 3.05) is 5.32 Å². The maximum atomic E-state index is 13.2. The van der Waals surface area contributed by atoms with Gasteiger partial charge in [-0.2, -0.15) is 5.26 Å². The zero-order chi connectivity index (χ0) is 14.5. The van der Waals surface area contributed by atoms with Gasteiger partial charge in [-0.05, 0) is 36.2 Å². The van der Waals surface area contributed by atoms with Crippen LogP contribution in [0.3, 0.4) is 0 Å². The summed E-state index contributed by atoms with van der Waals surface area (Å²) in [6, 6.07) is 13.0. The van der Waals surface area contributed by atoms with Gasteiger partial charge in [0.2, 0.25) is 0 Å². The third kappa shape index (κ3) is 2.83. The van der Waals surface area contributed by atoms with Gasteiger partial charge >= 0.3 is 0 Å². The van der Waals surface area contributed by atoms with Gasteiger partial charge < -0.3 is 5.32 Å². The van der Waals surface area contributed by atoms with E-state index in [1.807, 2.05) is 19.1 Å². The van der Waals surface area contributed by atoms with E-state index in [0.29, 0.717) is 11.3 Å². The highest BCUT2D eigenvalue weighted by atomic mass is 19.1. The van der Waals surface area contributed by atoms with Crippen LogP contribution in [0, 0.1) is 17.1 Å². The smallest absolute Gasteiger partial charge is 0.255 e. The Hall–Kier alpha value is -2.67. The predicted molar refractivity (Wildman–Crippen MR) is 74.9 cm³/mol. The Morgan fingerprint density at radius 3 is 2.75 bits per heavy atom. The molecule has 100 valence electrons. The summed E-state index contributed by atoms with van der Waals surface area (Å²) in [4.78, 5) is 12.2. The molecule has 0 spiro atoms. The first kappa shape index (κ1) is 13.8. The summed E-state index contributed by atoms with van der Waals surface area (Å²) in [5.74, 6) is -0.864. The van der Waals surface area contributed by atoms with Crippen molar-refractivity contribution in [1.82, 2.24) is 0 Å². The van der Waals surface area contributed by atoms with Crippen LogP contribution < -0.4 is 5.32 Å². The zero-order valence-corrected chi connectivity index (χ0v) is 11.0. The molecule has 0 aliphatic heterocycles. The topological polar surface area (TPSA) is 52.9 Å². The Labute approximate surface area is 116 Å². The lowest BCUT2D eigenvalue weighted by Crippen LogP contribution is -2.14. The van der Waals surface area contributed by atoms with Gasteiger partial charge in [0.05, 0.1) is 5.56 Å². The lowest BCUT2D eigenvalue weighted by Gasteiger charge is -2.09. The molecule has 0 aromatic heterocycles. The van der Waals surface area contributed by atoms with Gasteiger partial charge in [-0.1, -0.05) is 25.1 Å². The Bertz CT molecular complexity index is 689. The van der Waals surface area contributed by atoms with Gasteiger partial charge in [-0.25, -0.2) is 4.39 Å². The quantitative estimate of drug-likeness (QED) is 0.926. The number of hydrogen-bond donors (Lipinski definition) is 1. The van der Waals surface area contributed by atoms with Gasteiger partial charge in [0.15, 0.2) is 0 Å². The number of hydrogen-bond acceptors (Lipinski definition) is 2. The van der Waals surface area contributed by atoms with Crippen molar-refractivity contribution >= 4 is 11.6 Å². The lowest BCUT2D eigenvalue weighted by atomic mass is 10.0. The van der Waals surface area contributed by atoms with Crippen LogP contribution in [-0.4, -0.2) is 5.91 Å². The van der Waals surface area contributed by atoms with Crippen LogP contribution in [0.25, 0.3) is 0 Å². The second kappa shape index (κ2) is 5.98. The number of nitrogens with one attached hydrogen (secondary N) is 1. The fourth-order valence-corrected chi connectivity index (χ4v) is 1.94.